The van der Waals surface area contributed by atoms with Gasteiger partial charge in [-0.2, -0.15) is 0 Å². The number of nitrogens with one attached hydrogen (secondary N) is 1. The highest BCUT2D eigenvalue weighted by Gasteiger charge is 2.16. The first-order valence-electron chi connectivity index (χ1n) is 6.86. The third-order valence-electron chi connectivity index (χ3n) is 3.27. The van der Waals surface area contributed by atoms with Gasteiger partial charge in [-0.3, -0.25) is 4.79 Å². The first-order chi connectivity index (χ1) is 10.4. The Labute approximate surface area is 127 Å². The highest BCUT2D eigenvalue weighted by molar-refractivity contribution is 5.98. The van der Waals surface area contributed by atoms with Crippen molar-refractivity contribution in [1.29, 1.82) is 0 Å². The first-order valence-corrected chi connectivity index (χ1v) is 6.86. The third-order valence-corrected chi connectivity index (χ3v) is 3.27. The van der Waals surface area contributed by atoms with Gasteiger partial charge in [-0.1, -0.05) is 23.8 Å². The van der Waals surface area contributed by atoms with Gasteiger partial charge in [-0.15, -0.1) is 0 Å². The summed E-state index contributed by atoms with van der Waals surface area (Å²) in [6, 6.07) is 9.03. The number of amides is 1. The number of halogens is 1. The lowest BCUT2D eigenvalue weighted by Gasteiger charge is -2.10. The molecular formula is C17H16FNO3. The minimum absolute atomic E-state index is 0.0606. The summed E-state index contributed by atoms with van der Waals surface area (Å²) >= 11 is 0. The molecule has 0 heterocycles. The zero-order chi connectivity index (χ0) is 16.3. The molecule has 2 rings (SSSR count). The SMILES string of the molecule is CCNC(=O)c1ccc(-c2ccc(C)cc2C(=O)O)cc1F. The standard InChI is InChI=1S/C17H16FNO3/c1-3-19-16(20)13-7-5-11(9-15(13)18)12-6-4-10(2)8-14(12)17(21)22/h4-9H,3H2,1-2H3,(H,19,20)(H,21,22). The second-order valence-corrected chi connectivity index (χ2v) is 4.91. The van der Waals surface area contributed by atoms with Crippen LogP contribution in [0.1, 0.15) is 33.2 Å². The molecule has 0 aromatic heterocycles. The summed E-state index contributed by atoms with van der Waals surface area (Å²) in [5.41, 5.74) is 1.68. The maximum Gasteiger partial charge on any atom is 0.336 e. The van der Waals surface area contributed by atoms with Gasteiger partial charge in [0, 0.05) is 6.54 Å². The molecule has 0 fully saturated rings. The summed E-state index contributed by atoms with van der Waals surface area (Å²) in [7, 11) is 0. The zero-order valence-corrected chi connectivity index (χ0v) is 12.3. The minimum atomic E-state index is -1.08. The Morgan fingerprint density at radius 2 is 1.86 bits per heavy atom. The average Bonchev–Trinajstić information content (AvgIpc) is 2.47. The molecule has 0 bridgehead atoms. The van der Waals surface area contributed by atoms with Crippen LogP contribution < -0.4 is 5.32 Å². The molecule has 1 amide bonds. The van der Waals surface area contributed by atoms with E-state index in [9.17, 15) is 19.1 Å². The number of carboxylic acid groups (broad SMARTS) is 1. The molecule has 22 heavy (non-hydrogen) atoms. The zero-order valence-electron chi connectivity index (χ0n) is 12.3. The van der Waals surface area contributed by atoms with E-state index in [4.69, 9.17) is 0 Å². The van der Waals surface area contributed by atoms with Gasteiger partial charge >= 0.3 is 5.97 Å². The number of rotatable bonds is 4. The Bertz CT molecular complexity index is 741. The minimum Gasteiger partial charge on any atom is -0.478 e. The maximum atomic E-state index is 14.1. The molecule has 0 saturated heterocycles. The summed E-state index contributed by atoms with van der Waals surface area (Å²) in [6.07, 6.45) is 0. The molecule has 2 aromatic carbocycles. The fourth-order valence-electron chi connectivity index (χ4n) is 2.21. The smallest absolute Gasteiger partial charge is 0.336 e. The van der Waals surface area contributed by atoms with Crippen molar-refractivity contribution in [2.24, 2.45) is 0 Å². The average molecular weight is 301 g/mol. The molecule has 2 N–H and O–H groups in total. The Morgan fingerprint density at radius 3 is 2.45 bits per heavy atom. The van der Waals surface area contributed by atoms with E-state index < -0.39 is 17.7 Å². The van der Waals surface area contributed by atoms with Crippen molar-refractivity contribution in [1.82, 2.24) is 5.32 Å². The maximum absolute atomic E-state index is 14.1. The molecular weight excluding hydrogens is 285 g/mol. The van der Waals surface area contributed by atoms with E-state index >= 15 is 0 Å². The van der Waals surface area contributed by atoms with Gasteiger partial charge in [-0.05, 0) is 43.2 Å². The van der Waals surface area contributed by atoms with Crippen LogP contribution in [0.4, 0.5) is 4.39 Å². The van der Waals surface area contributed by atoms with Gasteiger partial charge in [0.25, 0.3) is 5.91 Å². The van der Waals surface area contributed by atoms with Crippen LogP contribution in [0.15, 0.2) is 36.4 Å². The quantitative estimate of drug-likeness (QED) is 0.911. The molecule has 0 aliphatic carbocycles. The number of carboxylic acids is 1. The Balaban J connectivity index is 2.49. The molecule has 0 spiro atoms. The van der Waals surface area contributed by atoms with Crippen molar-refractivity contribution in [3.05, 3.63) is 58.9 Å². The van der Waals surface area contributed by atoms with E-state index in [1.165, 1.54) is 18.2 Å². The van der Waals surface area contributed by atoms with Gasteiger partial charge in [-0.25, -0.2) is 9.18 Å². The lowest BCUT2D eigenvalue weighted by Crippen LogP contribution is -2.23. The van der Waals surface area contributed by atoms with Gasteiger partial charge in [0.1, 0.15) is 5.82 Å². The van der Waals surface area contributed by atoms with Crippen LogP contribution in [0.2, 0.25) is 0 Å². The Kier molecular flexibility index (Phi) is 4.56. The Hall–Kier alpha value is -2.69. The first kappa shape index (κ1) is 15.7. The van der Waals surface area contributed by atoms with Crippen LogP contribution in [0, 0.1) is 12.7 Å². The number of aryl methyl sites for hydroxylation is 1. The monoisotopic (exact) mass is 301 g/mol. The van der Waals surface area contributed by atoms with Crippen LogP contribution >= 0.6 is 0 Å². The molecule has 5 heteroatoms. The second-order valence-electron chi connectivity index (χ2n) is 4.91. The highest BCUT2D eigenvalue weighted by Crippen LogP contribution is 2.26. The third kappa shape index (κ3) is 3.14. The fourth-order valence-corrected chi connectivity index (χ4v) is 2.21. The largest absolute Gasteiger partial charge is 0.478 e. The summed E-state index contributed by atoms with van der Waals surface area (Å²) in [5.74, 6) is -2.25. The van der Waals surface area contributed by atoms with E-state index in [1.807, 2.05) is 0 Å². The number of benzene rings is 2. The van der Waals surface area contributed by atoms with E-state index in [1.54, 1.807) is 32.0 Å². The van der Waals surface area contributed by atoms with Crippen LogP contribution in [0.5, 0.6) is 0 Å². The van der Waals surface area contributed by atoms with Gasteiger partial charge in [0.15, 0.2) is 0 Å². The Morgan fingerprint density at radius 1 is 1.14 bits per heavy atom. The molecule has 0 aliphatic heterocycles. The second kappa shape index (κ2) is 6.39. The predicted molar refractivity (Wildman–Crippen MR) is 81.5 cm³/mol. The van der Waals surface area contributed by atoms with Crippen molar-refractivity contribution in [2.75, 3.05) is 6.54 Å². The van der Waals surface area contributed by atoms with Crippen molar-refractivity contribution in [3.8, 4) is 11.1 Å². The van der Waals surface area contributed by atoms with Crippen molar-refractivity contribution < 1.29 is 19.1 Å². The normalized spacial score (nSPS) is 10.3. The van der Waals surface area contributed by atoms with Crippen LogP contribution in [0.25, 0.3) is 11.1 Å². The molecule has 0 aliphatic rings. The lowest BCUT2D eigenvalue weighted by atomic mass is 9.96. The van der Waals surface area contributed by atoms with E-state index in [0.29, 0.717) is 17.7 Å². The summed E-state index contributed by atoms with van der Waals surface area (Å²) in [6.45, 7) is 3.94. The molecule has 2 aromatic rings. The van der Waals surface area contributed by atoms with Crippen LogP contribution in [0.3, 0.4) is 0 Å². The molecule has 4 nitrogen and oxygen atoms in total. The van der Waals surface area contributed by atoms with E-state index in [-0.39, 0.29) is 11.1 Å². The molecule has 0 atom stereocenters. The van der Waals surface area contributed by atoms with Gasteiger partial charge in [0.2, 0.25) is 0 Å². The van der Waals surface area contributed by atoms with Gasteiger partial charge < -0.3 is 10.4 Å². The van der Waals surface area contributed by atoms with E-state index in [0.717, 1.165) is 5.56 Å². The summed E-state index contributed by atoms with van der Waals surface area (Å²) in [5, 5.41) is 11.8. The van der Waals surface area contributed by atoms with Crippen LogP contribution in [-0.2, 0) is 0 Å². The number of aromatic carboxylic acids is 1. The van der Waals surface area contributed by atoms with Crippen molar-refractivity contribution in [2.45, 2.75) is 13.8 Å². The van der Waals surface area contributed by atoms with Crippen molar-refractivity contribution >= 4 is 11.9 Å². The highest BCUT2D eigenvalue weighted by atomic mass is 19.1. The van der Waals surface area contributed by atoms with Gasteiger partial charge in [0.05, 0.1) is 11.1 Å². The number of hydrogen-bond acceptors (Lipinski definition) is 2. The molecule has 114 valence electrons. The van der Waals surface area contributed by atoms with Crippen LogP contribution in [-0.4, -0.2) is 23.5 Å². The number of carbonyl (C=O) groups excluding carboxylic acids is 1. The summed E-state index contributed by atoms with van der Waals surface area (Å²) < 4.78 is 14.1. The van der Waals surface area contributed by atoms with Crippen molar-refractivity contribution in [3.63, 3.8) is 0 Å². The molecule has 0 radical (unpaired) electrons. The number of hydrogen-bond donors (Lipinski definition) is 2. The fraction of sp³-hybridized carbons (Fsp3) is 0.176. The topological polar surface area (TPSA) is 66.4 Å². The lowest BCUT2D eigenvalue weighted by molar-refractivity contribution is 0.0697. The van der Waals surface area contributed by atoms with E-state index in [2.05, 4.69) is 5.32 Å². The number of carbonyl (C=O) groups is 2. The predicted octanol–water partition coefficient (Wildman–Crippen LogP) is 3.25. The molecule has 0 saturated carbocycles. The molecule has 0 unspecified atom stereocenters. The summed E-state index contributed by atoms with van der Waals surface area (Å²) in [4.78, 5) is 23.0.